The fraction of sp³-hybridized carbons (Fsp3) is 0.312. The van der Waals surface area contributed by atoms with Gasteiger partial charge < -0.3 is 30.6 Å². The summed E-state index contributed by atoms with van der Waals surface area (Å²) in [7, 11) is -2.56. The maximum atomic E-state index is 7.56. The smallest absolute Gasteiger partial charge is 0.453 e. The van der Waals surface area contributed by atoms with Crippen LogP contribution in [0.4, 0.5) is 0 Å². The summed E-state index contributed by atoms with van der Waals surface area (Å²) in [5.41, 5.74) is 10.9. The van der Waals surface area contributed by atoms with Crippen LogP contribution in [0.15, 0.2) is 138 Å². The third kappa shape index (κ3) is 9.41. The summed E-state index contributed by atoms with van der Waals surface area (Å²) in [5, 5.41) is 7.97. The van der Waals surface area contributed by atoms with Gasteiger partial charge >= 0.3 is 16.5 Å². The molecule has 0 saturated carbocycles. The van der Waals surface area contributed by atoms with E-state index in [0.717, 1.165) is 110 Å². The van der Waals surface area contributed by atoms with Crippen molar-refractivity contribution in [3.8, 4) is 28.4 Å². The Bertz CT molecular complexity index is 3840. The molecule has 2 aromatic heterocycles. The third-order valence-corrected chi connectivity index (χ3v) is 15.9. The van der Waals surface area contributed by atoms with E-state index in [1.165, 1.54) is 0 Å². The quantitative estimate of drug-likeness (QED) is 0.164. The van der Waals surface area contributed by atoms with Crippen LogP contribution in [0.2, 0.25) is 0 Å². The van der Waals surface area contributed by atoms with Gasteiger partial charge in [0.15, 0.2) is 0 Å². The van der Waals surface area contributed by atoms with E-state index in [1.807, 2.05) is 12.1 Å². The number of methoxy groups -OCH3 is 1. The average molecular weight is 1010 g/mol. The van der Waals surface area contributed by atoms with E-state index in [1.54, 1.807) is 7.11 Å². The molecule has 8 aromatic carbocycles. The van der Waals surface area contributed by atoms with Gasteiger partial charge in [-0.15, -0.1) is 0 Å². The Kier molecular flexibility index (Phi) is 12.4. The number of hydrogen-bond acceptors (Lipinski definition) is 7. The Morgan fingerprint density at radius 3 is 1.44 bits per heavy atom. The number of benzene rings is 8. The summed E-state index contributed by atoms with van der Waals surface area (Å²) in [6.07, 6.45) is 0. The molecule has 0 radical (unpaired) electrons. The maximum Gasteiger partial charge on any atom is 0.453 e. The van der Waals surface area contributed by atoms with Crippen molar-refractivity contribution in [1.29, 1.82) is 0 Å². The van der Waals surface area contributed by atoms with Crippen LogP contribution >= 0.6 is 16.5 Å². The molecule has 0 saturated heterocycles. The first kappa shape index (κ1) is 50.0. The second kappa shape index (κ2) is 18.1. The van der Waals surface area contributed by atoms with E-state index in [0.29, 0.717) is 22.7 Å². The lowest BCUT2D eigenvalue weighted by Gasteiger charge is -2.26. The summed E-state index contributed by atoms with van der Waals surface area (Å²) in [5.74, 6) is 1.98. The summed E-state index contributed by atoms with van der Waals surface area (Å²) in [6, 6.07) is 42.6. The SMILES string of the molecule is COc1cc(C(C)(C)C)c2op(Oc3ccc4ccccc4c3-c3cc(C)cc(C(C)(C)C)c3Op3oc4c(C(C)(C)C)cc(C)cc4c4cc(C)cc(C(C)(C)C)c4o3)oc3ccc4ccccc4c3c2c1. The normalized spacial score (nSPS) is 12.9. The number of ether oxygens (including phenoxy) is 1. The van der Waals surface area contributed by atoms with Gasteiger partial charge in [-0.1, -0.05) is 162 Å². The second-order valence-electron chi connectivity index (χ2n) is 23.9. The van der Waals surface area contributed by atoms with Crippen molar-refractivity contribution in [2.24, 2.45) is 0 Å². The summed E-state index contributed by atoms with van der Waals surface area (Å²) in [4.78, 5) is 0. The topological polar surface area (TPSA) is 80.2 Å². The fourth-order valence-corrected chi connectivity index (χ4v) is 12.4. The Hall–Kier alpha value is -6.52. The first-order valence-corrected chi connectivity index (χ1v) is 27.5. The zero-order valence-electron chi connectivity index (χ0n) is 45.3. The highest BCUT2D eigenvalue weighted by Gasteiger charge is 2.31. The predicted octanol–water partition coefficient (Wildman–Crippen LogP) is 20.7. The van der Waals surface area contributed by atoms with Gasteiger partial charge in [-0.05, 0) is 123 Å². The summed E-state index contributed by atoms with van der Waals surface area (Å²) < 4.78 is 49.6. The van der Waals surface area contributed by atoms with Crippen molar-refractivity contribution in [1.82, 2.24) is 0 Å². The molecule has 73 heavy (non-hydrogen) atoms. The predicted molar refractivity (Wildman–Crippen MR) is 307 cm³/mol. The van der Waals surface area contributed by atoms with Crippen LogP contribution in [-0.2, 0) is 21.7 Å². The van der Waals surface area contributed by atoms with Crippen LogP contribution in [0.3, 0.4) is 0 Å². The molecule has 2 heterocycles. The van der Waals surface area contributed by atoms with E-state index in [2.05, 4.69) is 213 Å². The van der Waals surface area contributed by atoms with Crippen LogP contribution in [-0.4, -0.2) is 7.11 Å². The standard InChI is InChI=1S/C64H68O7P2/c1-37-29-45-46-30-38(2)33-50(62(7,8)9)58(46)69-73(68-57(45)49(32-37)61(4,5)6)71-59-47(31-39(3)34-51(59)63(10,11)12)55-43-23-19-17-21-40(43)25-27-53(55)66-72-67-54-28-26-41-22-18-20-24-44(41)56(54)48-35-42(65-16)36-52(60(48)70-72)64(13,14)15/h17-36H,1-16H3. The minimum atomic E-state index is -2.13. The highest BCUT2D eigenvalue weighted by molar-refractivity contribution is 7.32. The fourth-order valence-electron chi connectivity index (χ4n) is 10.2. The van der Waals surface area contributed by atoms with Gasteiger partial charge in [-0.25, -0.2) is 0 Å². The zero-order valence-corrected chi connectivity index (χ0v) is 47.1. The van der Waals surface area contributed by atoms with Gasteiger partial charge in [-0.2, -0.15) is 0 Å². The van der Waals surface area contributed by atoms with Gasteiger partial charge in [0.1, 0.15) is 39.6 Å². The third-order valence-electron chi connectivity index (χ3n) is 13.8. The molecular formula is C64H68O7P2. The van der Waals surface area contributed by atoms with Crippen molar-refractivity contribution in [3.63, 3.8) is 0 Å². The lowest BCUT2D eigenvalue weighted by Crippen LogP contribution is -2.13. The molecule has 1 unspecified atom stereocenters. The van der Waals surface area contributed by atoms with E-state index >= 15 is 0 Å². The Morgan fingerprint density at radius 1 is 0.411 bits per heavy atom. The molecule has 0 aliphatic rings. The van der Waals surface area contributed by atoms with Gasteiger partial charge in [-0.3, -0.25) is 0 Å². The number of rotatable bonds is 6. The van der Waals surface area contributed by atoms with Crippen LogP contribution in [0, 0.1) is 20.8 Å². The molecule has 0 aliphatic heterocycles. The summed E-state index contributed by atoms with van der Waals surface area (Å²) in [6.45, 7) is 33.1. The molecule has 0 aliphatic carbocycles. The van der Waals surface area contributed by atoms with Crippen LogP contribution in [0.5, 0.6) is 17.2 Å². The van der Waals surface area contributed by atoms with Gasteiger partial charge in [0.2, 0.25) is 0 Å². The lowest BCUT2D eigenvalue weighted by atomic mass is 9.82. The minimum Gasteiger partial charge on any atom is -0.497 e. The van der Waals surface area contributed by atoms with Gasteiger partial charge in [0.25, 0.3) is 0 Å². The molecule has 7 nitrogen and oxygen atoms in total. The second-order valence-corrected chi connectivity index (χ2v) is 25.9. The van der Waals surface area contributed by atoms with Crippen molar-refractivity contribution in [2.75, 3.05) is 7.11 Å². The van der Waals surface area contributed by atoms with Gasteiger partial charge in [0.05, 0.1) is 7.11 Å². The molecule has 376 valence electrons. The van der Waals surface area contributed by atoms with Crippen molar-refractivity contribution in [3.05, 3.63) is 160 Å². The highest BCUT2D eigenvalue weighted by atomic mass is 31.1. The molecule has 1 atom stereocenters. The Balaban J connectivity index is 1.29. The van der Waals surface area contributed by atoms with Crippen molar-refractivity contribution >= 4 is 81.9 Å². The number of aryl methyl sites for hydroxylation is 3. The molecule has 0 spiro atoms. The van der Waals surface area contributed by atoms with E-state index in [9.17, 15) is 0 Å². The first-order valence-electron chi connectivity index (χ1n) is 25.3. The Morgan fingerprint density at radius 2 is 0.877 bits per heavy atom. The number of hydrogen-bond donors (Lipinski definition) is 0. The highest BCUT2D eigenvalue weighted by Crippen LogP contribution is 2.53. The molecule has 0 fully saturated rings. The monoisotopic (exact) mass is 1010 g/mol. The van der Waals surface area contributed by atoms with Crippen LogP contribution in [0.1, 0.15) is 122 Å². The summed E-state index contributed by atoms with van der Waals surface area (Å²) >= 11 is 0. The molecule has 0 amide bonds. The molecule has 0 N–H and O–H groups in total. The van der Waals surface area contributed by atoms with Gasteiger partial charge in [0, 0.05) is 54.9 Å². The zero-order chi connectivity index (χ0) is 52.1. The van der Waals surface area contributed by atoms with Crippen LogP contribution in [0.25, 0.3) is 76.5 Å². The van der Waals surface area contributed by atoms with Crippen molar-refractivity contribution < 1.29 is 30.6 Å². The molecular weight excluding hydrogens is 943 g/mol. The first-order chi connectivity index (χ1) is 34.4. The molecule has 10 rings (SSSR count). The largest absolute Gasteiger partial charge is 0.497 e. The molecule has 0 bridgehead atoms. The lowest BCUT2D eigenvalue weighted by molar-refractivity contribution is 0.413. The van der Waals surface area contributed by atoms with Crippen molar-refractivity contribution in [2.45, 2.75) is 126 Å². The van der Waals surface area contributed by atoms with E-state index in [4.69, 9.17) is 30.6 Å². The van der Waals surface area contributed by atoms with E-state index < -0.39 is 16.5 Å². The van der Waals surface area contributed by atoms with E-state index in [-0.39, 0.29) is 21.7 Å². The average Bonchev–Trinajstić information content (AvgIpc) is 3.57. The minimum absolute atomic E-state index is 0.253. The van der Waals surface area contributed by atoms with Crippen LogP contribution < -0.4 is 13.8 Å². The maximum absolute atomic E-state index is 7.56. The number of fused-ring (bicyclic) bond motifs is 9. The molecule has 10 aromatic rings. The molecule has 9 heteroatoms. The Labute approximate surface area is 431 Å².